The molecule has 0 bridgehead atoms. The highest BCUT2D eigenvalue weighted by molar-refractivity contribution is 9.09. The van der Waals surface area contributed by atoms with Crippen molar-refractivity contribution in [3.63, 3.8) is 0 Å². The zero-order valence-corrected chi connectivity index (χ0v) is 9.61. The maximum atomic E-state index is 10.8. The summed E-state index contributed by atoms with van der Waals surface area (Å²) in [7, 11) is 0. The molecular weight excluding hydrogens is 264 g/mol. The first-order chi connectivity index (χ1) is 7.19. The van der Waals surface area contributed by atoms with Crippen molar-refractivity contribution in [1.29, 1.82) is 0 Å². The molecule has 0 unspecified atom stereocenters. The fourth-order valence-corrected chi connectivity index (χ4v) is 1.30. The minimum Gasteiger partial charge on any atom is -0.478 e. The van der Waals surface area contributed by atoms with Gasteiger partial charge in [0.15, 0.2) is 17.8 Å². The van der Waals surface area contributed by atoms with E-state index in [4.69, 9.17) is 9.47 Å². The van der Waals surface area contributed by atoms with E-state index >= 15 is 0 Å². The van der Waals surface area contributed by atoms with Crippen molar-refractivity contribution >= 4 is 28.2 Å². The molecule has 0 saturated carbocycles. The average Bonchev–Trinajstić information content (AvgIpc) is 2.20. The van der Waals surface area contributed by atoms with Crippen LogP contribution in [-0.4, -0.2) is 17.8 Å². The number of esters is 1. The summed E-state index contributed by atoms with van der Waals surface area (Å²) in [6, 6.07) is 4.76. The van der Waals surface area contributed by atoms with Crippen LogP contribution >= 0.6 is 15.9 Å². The normalized spacial score (nSPS) is 9.47. The van der Waals surface area contributed by atoms with Crippen LogP contribution in [0.3, 0.4) is 0 Å². The first kappa shape index (κ1) is 11.7. The van der Waals surface area contributed by atoms with Gasteiger partial charge in [-0.1, -0.05) is 6.07 Å². The molecule has 0 radical (unpaired) electrons. The summed E-state index contributed by atoms with van der Waals surface area (Å²) in [5, 5.41) is 0. The number of benzene rings is 1. The average molecular weight is 273 g/mol. The Morgan fingerprint density at radius 2 is 2.27 bits per heavy atom. The third-order valence-electron chi connectivity index (χ3n) is 1.59. The number of para-hydroxylation sites is 1. The molecule has 15 heavy (non-hydrogen) atoms. The van der Waals surface area contributed by atoms with Gasteiger partial charge in [0.05, 0.1) is 5.56 Å². The van der Waals surface area contributed by atoms with Crippen molar-refractivity contribution in [2.75, 3.05) is 5.52 Å². The number of alkyl halides is 1. The summed E-state index contributed by atoms with van der Waals surface area (Å²) < 4.78 is 10.1. The maximum absolute atomic E-state index is 10.8. The Morgan fingerprint density at radius 1 is 1.53 bits per heavy atom. The minimum atomic E-state index is -0.461. The molecule has 0 atom stereocenters. The van der Waals surface area contributed by atoms with Crippen LogP contribution in [0.25, 0.3) is 0 Å². The quantitative estimate of drug-likeness (QED) is 0.365. The van der Waals surface area contributed by atoms with Crippen LogP contribution in [0, 0.1) is 0 Å². The van der Waals surface area contributed by atoms with E-state index in [9.17, 15) is 9.59 Å². The number of aldehydes is 1. The van der Waals surface area contributed by atoms with E-state index in [1.165, 1.54) is 6.92 Å². The van der Waals surface area contributed by atoms with E-state index < -0.39 is 5.97 Å². The predicted octanol–water partition coefficient (Wildman–Crippen LogP) is 2.16. The summed E-state index contributed by atoms with van der Waals surface area (Å²) >= 11 is 3.07. The van der Waals surface area contributed by atoms with E-state index in [1.807, 2.05) is 0 Å². The molecule has 0 aliphatic rings. The molecule has 4 nitrogen and oxygen atoms in total. The van der Waals surface area contributed by atoms with Crippen molar-refractivity contribution in [2.45, 2.75) is 6.92 Å². The summed E-state index contributed by atoms with van der Waals surface area (Å²) in [5.74, 6) is 0.0450. The van der Waals surface area contributed by atoms with Crippen LogP contribution in [0.4, 0.5) is 0 Å². The van der Waals surface area contributed by atoms with Crippen molar-refractivity contribution in [2.24, 2.45) is 0 Å². The van der Waals surface area contributed by atoms with Gasteiger partial charge in [-0.05, 0) is 28.1 Å². The van der Waals surface area contributed by atoms with Crippen LogP contribution in [0.1, 0.15) is 17.3 Å². The van der Waals surface area contributed by atoms with Gasteiger partial charge in [0, 0.05) is 6.92 Å². The fourth-order valence-electron chi connectivity index (χ4n) is 1.07. The molecule has 1 aromatic rings. The van der Waals surface area contributed by atoms with Gasteiger partial charge in [0.1, 0.15) is 5.52 Å². The first-order valence-corrected chi connectivity index (χ1v) is 5.26. The van der Waals surface area contributed by atoms with E-state index in [-0.39, 0.29) is 17.0 Å². The number of rotatable bonds is 4. The largest absolute Gasteiger partial charge is 0.478 e. The fraction of sp³-hybridized carbons (Fsp3) is 0.200. The van der Waals surface area contributed by atoms with Crippen molar-refractivity contribution in [3.8, 4) is 11.5 Å². The lowest BCUT2D eigenvalue weighted by atomic mass is 10.2. The standard InChI is InChI=1S/C10H9BrO4/c1-7(13)15-9-4-2-3-8(5-12)10(9)14-6-11/h2-5H,6H2,1H3. The van der Waals surface area contributed by atoms with Gasteiger partial charge >= 0.3 is 5.97 Å². The highest BCUT2D eigenvalue weighted by Gasteiger charge is 2.11. The SMILES string of the molecule is CC(=O)Oc1cccc(C=O)c1OCBr. The summed E-state index contributed by atoms with van der Waals surface area (Å²) in [5.41, 5.74) is 0.555. The molecule has 0 aliphatic heterocycles. The van der Waals surface area contributed by atoms with Gasteiger partial charge in [-0.2, -0.15) is 0 Å². The van der Waals surface area contributed by atoms with E-state index in [0.717, 1.165) is 0 Å². The minimum absolute atomic E-state index is 0.214. The second kappa shape index (κ2) is 5.50. The molecule has 1 aromatic carbocycles. The third-order valence-corrected chi connectivity index (χ3v) is 1.82. The third kappa shape index (κ3) is 3.06. The van der Waals surface area contributed by atoms with Gasteiger partial charge < -0.3 is 9.47 Å². The zero-order chi connectivity index (χ0) is 11.3. The van der Waals surface area contributed by atoms with Gasteiger partial charge in [-0.25, -0.2) is 0 Å². The maximum Gasteiger partial charge on any atom is 0.308 e. The molecule has 5 heteroatoms. The molecule has 0 spiro atoms. The zero-order valence-electron chi connectivity index (χ0n) is 8.03. The van der Waals surface area contributed by atoms with Crippen molar-refractivity contribution in [3.05, 3.63) is 23.8 Å². The topological polar surface area (TPSA) is 52.6 Å². The Labute approximate surface area is 95.3 Å². The Bertz CT molecular complexity index is 376. The first-order valence-electron chi connectivity index (χ1n) is 4.14. The van der Waals surface area contributed by atoms with Gasteiger partial charge in [-0.3, -0.25) is 9.59 Å². The molecule has 0 aromatic heterocycles. The van der Waals surface area contributed by atoms with E-state index in [0.29, 0.717) is 11.8 Å². The van der Waals surface area contributed by atoms with Gasteiger partial charge in [-0.15, -0.1) is 0 Å². The molecule has 0 amide bonds. The summed E-state index contributed by atoms with van der Waals surface area (Å²) in [4.78, 5) is 21.5. The number of carbonyl (C=O) groups is 2. The highest BCUT2D eigenvalue weighted by Crippen LogP contribution is 2.30. The van der Waals surface area contributed by atoms with Crippen LogP contribution in [-0.2, 0) is 4.79 Å². The van der Waals surface area contributed by atoms with Crippen molar-refractivity contribution < 1.29 is 19.1 Å². The number of hydrogen-bond acceptors (Lipinski definition) is 4. The van der Waals surface area contributed by atoms with Crippen LogP contribution in [0.5, 0.6) is 11.5 Å². The Balaban J connectivity index is 3.12. The lowest BCUT2D eigenvalue weighted by Crippen LogP contribution is -2.05. The molecule has 0 fully saturated rings. The van der Waals surface area contributed by atoms with Gasteiger partial charge in [0.25, 0.3) is 0 Å². The second-order valence-corrected chi connectivity index (χ2v) is 3.10. The molecule has 0 aliphatic carbocycles. The van der Waals surface area contributed by atoms with E-state index in [2.05, 4.69) is 15.9 Å². The Morgan fingerprint density at radius 3 is 2.80 bits per heavy atom. The number of carbonyl (C=O) groups excluding carboxylic acids is 2. The number of halogens is 1. The summed E-state index contributed by atoms with van der Waals surface area (Å²) in [6.45, 7) is 1.28. The van der Waals surface area contributed by atoms with Crippen LogP contribution in [0.15, 0.2) is 18.2 Å². The molecule has 0 saturated heterocycles. The number of ether oxygens (including phenoxy) is 2. The lowest BCUT2D eigenvalue weighted by Gasteiger charge is -2.10. The number of hydrogen-bond donors (Lipinski definition) is 0. The smallest absolute Gasteiger partial charge is 0.308 e. The van der Waals surface area contributed by atoms with Crippen molar-refractivity contribution in [1.82, 2.24) is 0 Å². The highest BCUT2D eigenvalue weighted by atomic mass is 79.9. The monoisotopic (exact) mass is 272 g/mol. The van der Waals surface area contributed by atoms with E-state index in [1.54, 1.807) is 18.2 Å². The Hall–Kier alpha value is -1.36. The van der Waals surface area contributed by atoms with Crippen LogP contribution < -0.4 is 9.47 Å². The van der Waals surface area contributed by atoms with Crippen LogP contribution in [0.2, 0.25) is 0 Å². The molecule has 0 heterocycles. The molecular formula is C10H9BrO4. The Kier molecular flexibility index (Phi) is 4.30. The molecule has 80 valence electrons. The predicted molar refractivity (Wildman–Crippen MR) is 57.6 cm³/mol. The summed E-state index contributed by atoms with van der Waals surface area (Å²) in [6.07, 6.45) is 0.644. The lowest BCUT2D eigenvalue weighted by molar-refractivity contribution is -0.132. The van der Waals surface area contributed by atoms with Gasteiger partial charge in [0.2, 0.25) is 0 Å². The second-order valence-electron chi connectivity index (χ2n) is 2.64. The molecule has 0 N–H and O–H groups in total. The molecule has 1 rings (SSSR count).